The van der Waals surface area contributed by atoms with Crippen LogP contribution in [0.25, 0.3) is 6.08 Å². The van der Waals surface area contributed by atoms with Crippen LogP contribution < -0.4 is 14.2 Å². The van der Waals surface area contributed by atoms with Crippen LogP contribution in [0.5, 0.6) is 17.2 Å². The van der Waals surface area contributed by atoms with Crippen molar-refractivity contribution in [3.63, 3.8) is 0 Å². The first kappa shape index (κ1) is 24.3. The van der Waals surface area contributed by atoms with Crippen molar-refractivity contribution in [1.29, 1.82) is 0 Å². The Labute approximate surface area is 197 Å². The first-order valence-electron chi connectivity index (χ1n) is 10.6. The zero-order valence-corrected chi connectivity index (χ0v) is 20.1. The van der Waals surface area contributed by atoms with Gasteiger partial charge in [0, 0.05) is 23.9 Å². The number of tetrazole rings is 1. The van der Waals surface area contributed by atoms with E-state index < -0.39 is 0 Å². The number of hydrogen-bond donors (Lipinski definition) is 0. The number of methoxy groups -OCH3 is 2. The molecule has 0 atom stereocenters. The molecule has 0 spiro atoms. The van der Waals surface area contributed by atoms with Gasteiger partial charge in [-0.3, -0.25) is 4.79 Å². The Balaban J connectivity index is 1.72. The monoisotopic (exact) mass is 468 g/mol. The van der Waals surface area contributed by atoms with E-state index in [0.29, 0.717) is 40.3 Å². The molecule has 2 aromatic carbocycles. The van der Waals surface area contributed by atoms with Gasteiger partial charge in [0.05, 0.1) is 20.8 Å². The number of hydrogen-bond acceptors (Lipinski definition) is 8. The molecule has 9 heteroatoms. The maximum absolute atomic E-state index is 12.8. The summed E-state index contributed by atoms with van der Waals surface area (Å²) >= 11 is 1.47. The lowest BCUT2D eigenvalue weighted by Gasteiger charge is -2.11. The van der Waals surface area contributed by atoms with E-state index in [1.807, 2.05) is 24.3 Å². The average molecular weight is 469 g/mol. The zero-order chi connectivity index (χ0) is 23.6. The highest BCUT2D eigenvalue weighted by atomic mass is 32.2. The zero-order valence-electron chi connectivity index (χ0n) is 19.3. The SMILES string of the molecule is CCCCOc1ccc(C=CC(=O)c2ccc(OC)c(CSc3nnnn3C)c2)cc1OC. The van der Waals surface area contributed by atoms with Crippen molar-refractivity contribution in [2.75, 3.05) is 20.8 Å². The van der Waals surface area contributed by atoms with E-state index in [0.717, 1.165) is 24.0 Å². The fraction of sp³-hybridized carbons (Fsp3) is 0.333. The van der Waals surface area contributed by atoms with E-state index in [1.54, 1.807) is 50.2 Å². The molecule has 0 bridgehead atoms. The Hall–Kier alpha value is -3.33. The molecule has 0 saturated heterocycles. The van der Waals surface area contributed by atoms with Gasteiger partial charge < -0.3 is 14.2 Å². The van der Waals surface area contributed by atoms with E-state index in [4.69, 9.17) is 14.2 Å². The second kappa shape index (κ2) is 12.1. The lowest BCUT2D eigenvalue weighted by Crippen LogP contribution is -2.00. The van der Waals surface area contributed by atoms with Gasteiger partial charge in [0.1, 0.15) is 5.75 Å². The summed E-state index contributed by atoms with van der Waals surface area (Å²) in [6, 6.07) is 11.0. The maximum atomic E-state index is 12.8. The highest BCUT2D eigenvalue weighted by molar-refractivity contribution is 7.98. The predicted octanol–water partition coefficient (Wildman–Crippen LogP) is 4.59. The topological polar surface area (TPSA) is 88.4 Å². The summed E-state index contributed by atoms with van der Waals surface area (Å²) in [6.07, 6.45) is 5.37. The van der Waals surface area contributed by atoms with Gasteiger partial charge in [-0.15, -0.1) is 5.10 Å². The van der Waals surface area contributed by atoms with Crippen LogP contribution in [-0.4, -0.2) is 46.8 Å². The molecule has 174 valence electrons. The Morgan fingerprint density at radius 3 is 2.58 bits per heavy atom. The lowest BCUT2D eigenvalue weighted by atomic mass is 10.1. The Kier molecular flexibility index (Phi) is 8.88. The molecule has 0 aliphatic carbocycles. The molecular weight excluding hydrogens is 440 g/mol. The molecule has 0 unspecified atom stereocenters. The molecule has 0 saturated carbocycles. The van der Waals surface area contributed by atoms with E-state index in [-0.39, 0.29) is 5.78 Å². The Morgan fingerprint density at radius 2 is 1.88 bits per heavy atom. The molecule has 1 aromatic heterocycles. The quantitative estimate of drug-likeness (QED) is 0.165. The molecule has 0 aliphatic rings. The minimum Gasteiger partial charge on any atom is -0.496 e. The number of thioether (sulfide) groups is 1. The maximum Gasteiger partial charge on any atom is 0.209 e. The molecule has 8 nitrogen and oxygen atoms in total. The number of unbranched alkanes of at least 4 members (excludes halogenated alkanes) is 1. The molecular formula is C24H28N4O4S. The molecule has 0 aliphatic heterocycles. The van der Waals surface area contributed by atoms with Gasteiger partial charge in [-0.1, -0.05) is 37.2 Å². The van der Waals surface area contributed by atoms with Gasteiger partial charge in [0.25, 0.3) is 0 Å². The van der Waals surface area contributed by atoms with E-state index in [2.05, 4.69) is 22.4 Å². The predicted molar refractivity (Wildman–Crippen MR) is 128 cm³/mol. The Bertz CT molecular complexity index is 1110. The van der Waals surface area contributed by atoms with Gasteiger partial charge in [-0.25, -0.2) is 4.68 Å². The molecule has 0 fully saturated rings. The van der Waals surface area contributed by atoms with Crippen LogP contribution in [0.15, 0.2) is 47.6 Å². The highest BCUT2D eigenvalue weighted by Gasteiger charge is 2.11. The van der Waals surface area contributed by atoms with Gasteiger partial charge in [0.15, 0.2) is 17.3 Å². The van der Waals surface area contributed by atoms with Crippen molar-refractivity contribution in [2.45, 2.75) is 30.7 Å². The van der Waals surface area contributed by atoms with E-state index in [9.17, 15) is 4.79 Å². The Morgan fingerprint density at radius 1 is 1.09 bits per heavy atom. The summed E-state index contributed by atoms with van der Waals surface area (Å²) in [5.41, 5.74) is 2.31. The fourth-order valence-corrected chi connectivity index (χ4v) is 3.86. The number of aromatic nitrogens is 4. The number of aryl methyl sites for hydroxylation is 1. The summed E-state index contributed by atoms with van der Waals surface area (Å²) in [4.78, 5) is 12.8. The number of ketones is 1. The van der Waals surface area contributed by atoms with Crippen LogP contribution >= 0.6 is 11.8 Å². The summed E-state index contributed by atoms with van der Waals surface area (Å²) < 4.78 is 18.3. The standard InChI is InChI=1S/C24H28N4O4S/c1-5-6-13-32-22-11-8-17(14-23(22)31-4)7-10-20(29)18-9-12-21(30-3)19(15-18)16-33-24-25-26-27-28(24)2/h7-12,14-15H,5-6,13,16H2,1-4H3. The molecule has 3 aromatic rings. The largest absolute Gasteiger partial charge is 0.496 e. The first-order chi connectivity index (χ1) is 16.0. The molecule has 0 N–H and O–H groups in total. The summed E-state index contributed by atoms with van der Waals surface area (Å²) in [7, 11) is 5.00. The van der Waals surface area contributed by atoms with Gasteiger partial charge in [-0.2, -0.15) is 0 Å². The minimum absolute atomic E-state index is 0.105. The number of ether oxygens (including phenoxy) is 3. The van der Waals surface area contributed by atoms with Crippen LogP contribution in [0, 0.1) is 0 Å². The van der Waals surface area contributed by atoms with Crippen LogP contribution in [0.2, 0.25) is 0 Å². The van der Waals surface area contributed by atoms with Crippen molar-refractivity contribution < 1.29 is 19.0 Å². The third-order valence-electron chi connectivity index (χ3n) is 4.87. The number of rotatable bonds is 12. The van der Waals surface area contributed by atoms with Crippen molar-refractivity contribution in [3.05, 3.63) is 59.2 Å². The third-order valence-corrected chi connectivity index (χ3v) is 5.93. The summed E-state index contributed by atoms with van der Waals surface area (Å²) in [5, 5.41) is 12.1. The van der Waals surface area contributed by atoms with Crippen molar-refractivity contribution in [2.24, 2.45) is 7.05 Å². The van der Waals surface area contributed by atoms with Crippen molar-refractivity contribution in [3.8, 4) is 17.2 Å². The molecule has 3 rings (SSSR count). The molecule has 0 radical (unpaired) electrons. The van der Waals surface area contributed by atoms with Gasteiger partial charge in [0.2, 0.25) is 5.16 Å². The summed E-state index contributed by atoms with van der Waals surface area (Å²) in [6.45, 7) is 2.76. The van der Waals surface area contributed by atoms with Crippen molar-refractivity contribution >= 4 is 23.6 Å². The van der Waals surface area contributed by atoms with Gasteiger partial charge in [-0.05, 0) is 58.8 Å². The second-order valence-corrected chi connectivity index (χ2v) is 8.15. The number of nitrogens with zero attached hydrogens (tertiary/aromatic N) is 4. The molecule has 33 heavy (non-hydrogen) atoms. The normalized spacial score (nSPS) is 11.0. The average Bonchev–Trinajstić information content (AvgIpc) is 3.26. The summed E-state index contributed by atoms with van der Waals surface area (Å²) in [5.74, 6) is 2.51. The van der Waals surface area contributed by atoms with Crippen LogP contribution in [0.3, 0.4) is 0 Å². The number of allylic oxidation sites excluding steroid dienone is 1. The first-order valence-corrected chi connectivity index (χ1v) is 11.6. The van der Waals surface area contributed by atoms with Crippen LogP contribution in [0.1, 0.15) is 41.3 Å². The van der Waals surface area contributed by atoms with E-state index >= 15 is 0 Å². The van der Waals surface area contributed by atoms with Crippen LogP contribution in [0.4, 0.5) is 0 Å². The molecule has 0 amide bonds. The third kappa shape index (κ3) is 6.58. The lowest BCUT2D eigenvalue weighted by molar-refractivity contribution is 0.104. The number of carbonyl (C=O) groups is 1. The number of carbonyl (C=O) groups excluding carboxylic acids is 1. The molecule has 1 heterocycles. The number of benzene rings is 2. The van der Waals surface area contributed by atoms with Crippen LogP contribution in [-0.2, 0) is 12.8 Å². The van der Waals surface area contributed by atoms with E-state index in [1.165, 1.54) is 11.8 Å². The van der Waals surface area contributed by atoms with Gasteiger partial charge >= 0.3 is 0 Å². The minimum atomic E-state index is -0.105. The second-order valence-electron chi connectivity index (χ2n) is 7.21. The highest BCUT2D eigenvalue weighted by Crippen LogP contribution is 2.30. The van der Waals surface area contributed by atoms with Crippen molar-refractivity contribution in [1.82, 2.24) is 20.2 Å². The smallest absolute Gasteiger partial charge is 0.209 e. The fourth-order valence-electron chi connectivity index (χ4n) is 3.03.